The highest BCUT2D eigenvalue weighted by molar-refractivity contribution is 6.35. The molecule has 0 unspecified atom stereocenters. The van der Waals surface area contributed by atoms with E-state index < -0.39 is 6.17 Å². The molecule has 0 radical (unpaired) electrons. The fraction of sp³-hybridized carbons (Fsp3) is 0.174. The van der Waals surface area contributed by atoms with Crippen molar-refractivity contribution in [2.24, 2.45) is 4.99 Å². The minimum Gasteiger partial charge on any atom is -0.508 e. The number of ether oxygens (including phenoxy) is 1. The lowest BCUT2D eigenvalue weighted by atomic mass is 9.93. The van der Waals surface area contributed by atoms with Gasteiger partial charge in [0.25, 0.3) is 0 Å². The fourth-order valence-corrected chi connectivity index (χ4v) is 4.24. The van der Waals surface area contributed by atoms with Crippen LogP contribution in [0.15, 0.2) is 65.7 Å². The van der Waals surface area contributed by atoms with E-state index in [2.05, 4.69) is 5.32 Å². The summed E-state index contributed by atoms with van der Waals surface area (Å²) >= 11 is 18.7. The number of nitrogens with one attached hydrogen (secondary N) is 1. The van der Waals surface area contributed by atoms with Gasteiger partial charge in [0.2, 0.25) is 0 Å². The van der Waals surface area contributed by atoms with Crippen molar-refractivity contribution in [1.29, 1.82) is 0 Å². The molecule has 0 bridgehead atoms. The van der Waals surface area contributed by atoms with Gasteiger partial charge in [-0.05, 0) is 60.2 Å². The van der Waals surface area contributed by atoms with Gasteiger partial charge in [-0.1, -0.05) is 40.9 Å². The number of aromatic hydroxyl groups is 1. The molecule has 1 aliphatic heterocycles. The van der Waals surface area contributed by atoms with E-state index >= 15 is 0 Å². The molecule has 1 aliphatic rings. The lowest BCUT2D eigenvalue weighted by molar-refractivity contribution is 0.412. The predicted octanol–water partition coefficient (Wildman–Crippen LogP) is 6.58. The molecule has 2 N–H and O–H groups in total. The van der Waals surface area contributed by atoms with E-state index in [4.69, 9.17) is 44.5 Å². The maximum absolute atomic E-state index is 10.5. The molecular formula is C23H19Cl3N2O2. The average molecular weight is 462 g/mol. The van der Waals surface area contributed by atoms with Gasteiger partial charge < -0.3 is 9.84 Å². The molecule has 4 nitrogen and oxygen atoms in total. The fourth-order valence-electron chi connectivity index (χ4n) is 3.55. The summed E-state index contributed by atoms with van der Waals surface area (Å²) in [6, 6.07) is 17.9. The topological polar surface area (TPSA) is 53.8 Å². The van der Waals surface area contributed by atoms with Crippen LogP contribution in [0.5, 0.6) is 11.5 Å². The zero-order valence-electron chi connectivity index (χ0n) is 16.1. The van der Waals surface area contributed by atoms with Gasteiger partial charge in [0.1, 0.15) is 17.7 Å². The number of hydrogen-bond donors (Lipinski definition) is 2. The molecule has 0 aliphatic carbocycles. The van der Waals surface area contributed by atoms with Crippen molar-refractivity contribution < 1.29 is 9.84 Å². The second-order valence-corrected chi connectivity index (χ2v) is 8.28. The Morgan fingerprint density at radius 2 is 1.63 bits per heavy atom. The molecule has 7 heteroatoms. The molecule has 0 saturated heterocycles. The van der Waals surface area contributed by atoms with Gasteiger partial charge in [-0.3, -0.25) is 10.3 Å². The number of phenolic OH excluding ortho intramolecular Hbond substituents is 1. The van der Waals surface area contributed by atoms with Crippen molar-refractivity contribution in [1.82, 2.24) is 5.32 Å². The Morgan fingerprint density at radius 3 is 2.33 bits per heavy atom. The standard InChI is InChI=1S/C23H19Cl3N2O2/c1-30-16-6-2-13(3-7-16)20-12-21(18-10-14(24)5-9-22(18)29)28-23(27-20)17-8-4-15(25)11-19(17)26/h2-11,21,23,28-29H,12H2,1H3/t21-,23-/m1/s1. The SMILES string of the molecule is COc1ccc(C2=N[C@@H](c3ccc(Cl)cc3Cl)N[C@@H](c3cc(Cl)ccc3O)C2)cc1. The Bertz CT molecular complexity index is 1100. The van der Waals surface area contributed by atoms with Gasteiger partial charge in [-0.15, -0.1) is 0 Å². The van der Waals surface area contributed by atoms with Gasteiger partial charge >= 0.3 is 0 Å². The van der Waals surface area contributed by atoms with Crippen molar-refractivity contribution in [3.05, 3.63) is 92.4 Å². The highest BCUT2D eigenvalue weighted by Gasteiger charge is 2.29. The van der Waals surface area contributed by atoms with Crippen molar-refractivity contribution in [2.45, 2.75) is 18.6 Å². The number of aliphatic imine (C=N–C) groups is 1. The second kappa shape index (κ2) is 8.86. The molecule has 0 amide bonds. The monoisotopic (exact) mass is 460 g/mol. The van der Waals surface area contributed by atoms with Gasteiger partial charge in [0, 0.05) is 44.4 Å². The van der Waals surface area contributed by atoms with Crippen LogP contribution in [-0.2, 0) is 0 Å². The molecular weight excluding hydrogens is 443 g/mol. The Hall–Kier alpha value is -2.24. The molecule has 0 aromatic heterocycles. The summed E-state index contributed by atoms with van der Waals surface area (Å²) in [6.45, 7) is 0. The van der Waals surface area contributed by atoms with Crippen LogP contribution in [0.1, 0.15) is 35.3 Å². The second-order valence-electron chi connectivity index (χ2n) is 7.00. The smallest absolute Gasteiger partial charge is 0.127 e. The number of halogens is 3. The number of nitrogens with zero attached hydrogens (tertiary/aromatic N) is 1. The zero-order chi connectivity index (χ0) is 21.3. The molecule has 154 valence electrons. The molecule has 30 heavy (non-hydrogen) atoms. The number of benzene rings is 3. The number of rotatable bonds is 4. The van der Waals surface area contributed by atoms with E-state index in [9.17, 15) is 5.11 Å². The summed E-state index contributed by atoms with van der Waals surface area (Å²) < 4.78 is 5.26. The molecule has 1 heterocycles. The van der Waals surface area contributed by atoms with E-state index in [1.54, 1.807) is 37.4 Å². The van der Waals surface area contributed by atoms with Gasteiger partial charge in [-0.2, -0.15) is 0 Å². The maximum atomic E-state index is 10.5. The minimum atomic E-state index is -0.413. The number of methoxy groups -OCH3 is 1. The van der Waals surface area contributed by atoms with Crippen LogP contribution in [0.2, 0.25) is 15.1 Å². The molecule has 3 aromatic rings. The van der Waals surface area contributed by atoms with Crippen LogP contribution in [0.3, 0.4) is 0 Å². The van der Waals surface area contributed by atoms with Crippen LogP contribution < -0.4 is 10.1 Å². The lowest BCUT2D eigenvalue weighted by Gasteiger charge is -2.31. The normalized spacial score (nSPS) is 18.7. The molecule has 0 spiro atoms. The summed E-state index contributed by atoms with van der Waals surface area (Å²) in [7, 11) is 1.63. The third-order valence-electron chi connectivity index (χ3n) is 5.09. The van der Waals surface area contributed by atoms with Crippen molar-refractivity contribution >= 4 is 40.5 Å². The summed E-state index contributed by atoms with van der Waals surface area (Å²) in [4.78, 5) is 4.92. The van der Waals surface area contributed by atoms with Gasteiger partial charge in [0.05, 0.1) is 7.11 Å². The largest absolute Gasteiger partial charge is 0.508 e. The highest BCUT2D eigenvalue weighted by Crippen LogP contribution is 2.37. The van der Waals surface area contributed by atoms with Crippen LogP contribution in [0.4, 0.5) is 0 Å². The average Bonchev–Trinajstić information content (AvgIpc) is 2.75. The molecule has 0 saturated carbocycles. The third kappa shape index (κ3) is 4.42. The predicted molar refractivity (Wildman–Crippen MR) is 122 cm³/mol. The van der Waals surface area contributed by atoms with E-state index in [-0.39, 0.29) is 11.8 Å². The Morgan fingerprint density at radius 1 is 0.933 bits per heavy atom. The highest BCUT2D eigenvalue weighted by atomic mass is 35.5. The quantitative estimate of drug-likeness (QED) is 0.461. The van der Waals surface area contributed by atoms with Gasteiger partial charge in [0.15, 0.2) is 0 Å². The summed E-state index contributed by atoms with van der Waals surface area (Å²) in [5.41, 5.74) is 3.37. The van der Waals surface area contributed by atoms with E-state index in [1.807, 2.05) is 30.3 Å². The summed E-state index contributed by atoms with van der Waals surface area (Å²) in [5.74, 6) is 0.948. The first-order valence-electron chi connectivity index (χ1n) is 9.35. The van der Waals surface area contributed by atoms with E-state index in [0.29, 0.717) is 27.1 Å². The van der Waals surface area contributed by atoms with Crippen molar-refractivity contribution in [3.8, 4) is 11.5 Å². The van der Waals surface area contributed by atoms with Crippen LogP contribution in [0, 0.1) is 0 Å². The summed E-state index contributed by atoms with van der Waals surface area (Å²) in [5, 5.41) is 15.6. The van der Waals surface area contributed by atoms with Crippen LogP contribution in [0.25, 0.3) is 0 Å². The Labute approximate surface area is 190 Å². The minimum absolute atomic E-state index is 0.175. The van der Waals surface area contributed by atoms with Crippen LogP contribution >= 0.6 is 34.8 Å². The molecule has 3 aromatic carbocycles. The van der Waals surface area contributed by atoms with Crippen molar-refractivity contribution in [2.75, 3.05) is 7.11 Å². The van der Waals surface area contributed by atoms with E-state index in [1.165, 1.54) is 0 Å². The first-order chi connectivity index (χ1) is 14.4. The summed E-state index contributed by atoms with van der Waals surface area (Å²) in [6.07, 6.45) is 0.158. The third-order valence-corrected chi connectivity index (χ3v) is 5.88. The molecule has 0 fully saturated rings. The molecule has 2 atom stereocenters. The van der Waals surface area contributed by atoms with Crippen LogP contribution in [-0.4, -0.2) is 17.9 Å². The number of hydrogen-bond acceptors (Lipinski definition) is 4. The zero-order valence-corrected chi connectivity index (χ0v) is 18.3. The van der Waals surface area contributed by atoms with E-state index in [0.717, 1.165) is 22.6 Å². The van der Waals surface area contributed by atoms with Crippen molar-refractivity contribution in [3.63, 3.8) is 0 Å². The Balaban J connectivity index is 1.78. The lowest BCUT2D eigenvalue weighted by Crippen LogP contribution is -2.33. The maximum Gasteiger partial charge on any atom is 0.127 e. The number of phenols is 1. The Kier molecular flexibility index (Phi) is 6.21. The van der Waals surface area contributed by atoms with Gasteiger partial charge in [-0.25, -0.2) is 0 Å². The first kappa shape index (κ1) is 21.0. The molecule has 4 rings (SSSR count). The first-order valence-corrected chi connectivity index (χ1v) is 10.5.